The molecule has 0 radical (unpaired) electrons. The number of nitrogens with zero attached hydrogens (tertiary/aromatic N) is 1. The molecule has 0 saturated carbocycles. The summed E-state index contributed by atoms with van der Waals surface area (Å²) in [6, 6.07) is 13.3. The topological polar surface area (TPSA) is 59.6 Å². The lowest BCUT2D eigenvalue weighted by Crippen LogP contribution is -2.24. The second-order valence-corrected chi connectivity index (χ2v) is 6.29. The SMILES string of the molecule is COCc1ccccc1NC(N)=NCC(C)c1c(Cl)cccc1Cl. The number of benzene rings is 2. The van der Waals surface area contributed by atoms with E-state index < -0.39 is 0 Å². The maximum absolute atomic E-state index is 6.23. The van der Waals surface area contributed by atoms with Crippen LogP contribution in [0.2, 0.25) is 10.0 Å². The second kappa shape index (κ2) is 8.92. The quantitative estimate of drug-likeness (QED) is 0.577. The monoisotopic (exact) mass is 365 g/mol. The van der Waals surface area contributed by atoms with E-state index in [9.17, 15) is 0 Å². The van der Waals surface area contributed by atoms with Crippen molar-refractivity contribution in [3.8, 4) is 0 Å². The van der Waals surface area contributed by atoms with Crippen molar-refractivity contribution in [3.63, 3.8) is 0 Å². The highest BCUT2D eigenvalue weighted by molar-refractivity contribution is 6.36. The average molecular weight is 366 g/mol. The maximum atomic E-state index is 6.23. The van der Waals surface area contributed by atoms with Crippen molar-refractivity contribution in [1.82, 2.24) is 0 Å². The summed E-state index contributed by atoms with van der Waals surface area (Å²) < 4.78 is 5.18. The Morgan fingerprint density at radius 3 is 2.50 bits per heavy atom. The van der Waals surface area contributed by atoms with Crippen LogP contribution in [0.15, 0.2) is 47.5 Å². The molecular formula is C18H21Cl2N3O. The van der Waals surface area contributed by atoms with Gasteiger partial charge in [-0.3, -0.25) is 4.99 Å². The van der Waals surface area contributed by atoms with Crippen LogP contribution < -0.4 is 11.1 Å². The largest absolute Gasteiger partial charge is 0.380 e. The Morgan fingerprint density at radius 2 is 1.83 bits per heavy atom. The number of rotatable bonds is 6. The Labute approximate surface area is 152 Å². The van der Waals surface area contributed by atoms with E-state index in [1.165, 1.54) is 0 Å². The van der Waals surface area contributed by atoms with Crippen molar-refractivity contribution in [2.75, 3.05) is 19.0 Å². The van der Waals surface area contributed by atoms with Gasteiger partial charge in [-0.2, -0.15) is 0 Å². The molecule has 1 unspecified atom stereocenters. The molecule has 0 aliphatic heterocycles. The molecule has 0 amide bonds. The Morgan fingerprint density at radius 1 is 1.17 bits per heavy atom. The first kappa shape index (κ1) is 18.6. The summed E-state index contributed by atoms with van der Waals surface area (Å²) in [6.45, 7) is 3.00. The zero-order chi connectivity index (χ0) is 17.5. The van der Waals surface area contributed by atoms with Crippen molar-refractivity contribution >= 4 is 34.8 Å². The lowest BCUT2D eigenvalue weighted by molar-refractivity contribution is 0.185. The summed E-state index contributed by atoms with van der Waals surface area (Å²) in [7, 11) is 1.66. The summed E-state index contributed by atoms with van der Waals surface area (Å²) >= 11 is 12.5. The molecule has 0 aliphatic carbocycles. The molecule has 0 aromatic heterocycles. The summed E-state index contributed by atoms with van der Waals surface area (Å²) in [5.41, 5.74) is 8.78. The first-order valence-corrected chi connectivity index (χ1v) is 8.36. The number of ether oxygens (including phenoxy) is 1. The number of methoxy groups -OCH3 is 1. The summed E-state index contributed by atoms with van der Waals surface area (Å²) in [5, 5.41) is 4.39. The van der Waals surface area contributed by atoms with Crippen LogP contribution in [0, 0.1) is 0 Å². The minimum absolute atomic E-state index is 0.0563. The third-order valence-corrected chi connectivity index (χ3v) is 4.27. The van der Waals surface area contributed by atoms with Gasteiger partial charge in [0, 0.05) is 40.9 Å². The van der Waals surface area contributed by atoms with E-state index in [4.69, 9.17) is 33.7 Å². The molecular weight excluding hydrogens is 345 g/mol. The van der Waals surface area contributed by atoms with Crippen molar-refractivity contribution < 1.29 is 4.74 Å². The summed E-state index contributed by atoms with van der Waals surface area (Å²) in [5.74, 6) is 0.398. The van der Waals surface area contributed by atoms with Gasteiger partial charge in [-0.05, 0) is 23.8 Å². The van der Waals surface area contributed by atoms with Gasteiger partial charge in [0.25, 0.3) is 0 Å². The van der Waals surface area contributed by atoms with Gasteiger partial charge in [-0.15, -0.1) is 0 Å². The van der Waals surface area contributed by atoms with Gasteiger partial charge >= 0.3 is 0 Å². The fourth-order valence-electron chi connectivity index (χ4n) is 2.41. The third kappa shape index (κ3) is 4.87. The van der Waals surface area contributed by atoms with E-state index in [1.807, 2.05) is 49.4 Å². The molecule has 4 nitrogen and oxygen atoms in total. The molecule has 2 aromatic rings. The van der Waals surface area contributed by atoms with Crippen LogP contribution in [-0.2, 0) is 11.3 Å². The number of halogens is 2. The highest BCUT2D eigenvalue weighted by Crippen LogP contribution is 2.31. The van der Waals surface area contributed by atoms with Crippen LogP contribution in [0.4, 0.5) is 5.69 Å². The number of anilines is 1. The van der Waals surface area contributed by atoms with Crippen molar-refractivity contribution in [2.45, 2.75) is 19.4 Å². The van der Waals surface area contributed by atoms with Gasteiger partial charge in [0.2, 0.25) is 0 Å². The number of nitrogens with two attached hydrogens (primary N) is 1. The molecule has 6 heteroatoms. The fourth-order valence-corrected chi connectivity index (χ4v) is 3.18. The number of aliphatic imine (C=N–C) groups is 1. The number of nitrogens with one attached hydrogen (secondary N) is 1. The maximum Gasteiger partial charge on any atom is 0.193 e. The van der Waals surface area contributed by atoms with E-state index >= 15 is 0 Å². The number of guanidine groups is 1. The van der Waals surface area contributed by atoms with Crippen LogP contribution >= 0.6 is 23.2 Å². The first-order chi connectivity index (χ1) is 11.5. The second-order valence-electron chi connectivity index (χ2n) is 5.48. The molecule has 0 bridgehead atoms. The summed E-state index contributed by atoms with van der Waals surface area (Å²) in [4.78, 5) is 4.40. The van der Waals surface area contributed by atoms with Gasteiger partial charge in [0.05, 0.1) is 6.61 Å². The van der Waals surface area contributed by atoms with Gasteiger partial charge in [-0.1, -0.05) is 54.4 Å². The first-order valence-electron chi connectivity index (χ1n) is 7.60. The molecule has 128 valence electrons. The Bertz CT molecular complexity index is 699. The Hall–Kier alpha value is -1.75. The third-order valence-electron chi connectivity index (χ3n) is 3.61. The Kier molecular flexibility index (Phi) is 6.91. The molecule has 2 rings (SSSR count). The molecule has 0 aliphatic rings. The molecule has 0 fully saturated rings. The fraction of sp³-hybridized carbons (Fsp3) is 0.278. The van der Waals surface area contributed by atoms with Gasteiger partial charge in [-0.25, -0.2) is 0 Å². The van der Waals surface area contributed by atoms with Crippen molar-refractivity contribution in [1.29, 1.82) is 0 Å². The number of para-hydroxylation sites is 1. The van der Waals surface area contributed by atoms with E-state index in [2.05, 4.69) is 10.3 Å². The molecule has 2 aromatic carbocycles. The normalized spacial score (nSPS) is 12.9. The zero-order valence-electron chi connectivity index (χ0n) is 13.7. The Balaban J connectivity index is 2.07. The van der Waals surface area contributed by atoms with Crippen molar-refractivity contribution in [2.24, 2.45) is 10.7 Å². The molecule has 1 atom stereocenters. The van der Waals surface area contributed by atoms with E-state index in [1.54, 1.807) is 7.11 Å². The number of hydrogen-bond donors (Lipinski definition) is 2. The number of hydrogen-bond acceptors (Lipinski definition) is 2. The standard InChI is InChI=1S/C18H21Cl2N3O/c1-12(17-14(19)7-5-8-15(17)20)10-22-18(21)23-16-9-4-3-6-13(16)11-24-2/h3-9,12H,10-11H2,1-2H3,(H3,21,22,23). The predicted molar refractivity (Wildman–Crippen MR) is 102 cm³/mol. The molecule has 24 heavy (non-hydrogen) atoms. The van der Waals surface area contributed by atoms with Crippen LogP contribution in [0.25, 0.3) is 0 Å². The predicted octanol–water partition coefficient (Wildman–Crippen LogP) is 4.67. The van der Waals surface area contributed by atoms with Crippen LogP contribution in [-0.4, -0.2) is 19.6 Å². The average Bonchev–Trinajstić information content (AvgIpc) is 2.55. The van der Waals surface area contributed by atoms with E-state index in [0.29, 0.717) is 29.2 Å². The van der Waals surface area contributed by atoms with Gasteiger partial charge in [0.1, 0.15) is 0 Å². The smallest absolute Gasteiger partial charge is 0.193 e. The van der Waals surface area contributed by atoms with Gasteiger partial charge in [0.15, 0.2) is 5.96 Å². The van der Waals surface area contributed by atoms with Crippen LogP contribution in [0.5, 0.6) is 0 Å². The van der Waals surface area contributed by atoms with E-state index in [0.717, 1.165) is 16.8 Å². The minimum atomic E-state index is 0.0563. The highest BCUT2D eigenvalue weighted by atomic mass is 35.5. The molecule has 0 heterocycles. The molecule has 0 saturated heterocycles. The summed E-state index contributed by atoms with van der Waals surface area (Å²) in [6.07, 6.45) is 0. The van der Waals surface area contributed by atoms with E-state index in [-0.39, 0.29) is 5.92 Å². The van der Waals surface area contributed by atoms with Crippen LogP contribution in [0.1, 0.15) is 24.0 Å². The zero-order valence-corrected chi connectivity index (χ0v) is 15.2. The van der Waals surface area contributed by atoms with Gasteiger partial charge < -0.3 is 15.8 Å². The minimum Gasteiger partial charge on any atom is -0.380 e. The molecule has 0 spiro atoms. The van der Waals surface area contributed by atoms with Crippen LogP contribution in [0.3, 0.4) is 0 Å². The lowest BCUT2D eigenvalue weighted by atomic mass is 10.0. The van der Waals surface area contributed by atoms with Crippen molar-refractivity contribution in [3.05, 3.63) is 63.6 Å². The highest BCUT2D eigenvalue weighted by Gasteiger charge is 2.13. The lowest BCUT2D eigenvalue weighted by Gasteiger charge is -2.14. The molecule has 3 N–H and O–H groups in total.